The third-order valence-electron chi connectivity index (χ3n) is 1.87. The summed E-state index contributed by atoms with van der Waals surface area (Å²) in [5.74, 6) is 0.721. The molecule has 0 radical (unpaired) electrons. The lowest BCUT2D eigenvalue weighted by Crippen LogP contribution is -2.09. The summed E-state index contributed by atoms with van der Waals surface area (Å²) in [7, 11) is 0. The van der Waals surface area contributed by atoms with E-state index in [2.05, 4.69) is 11.9 Å². The molecule has 0 aliphatic heterocycles. The molecule has 0 saturated heterocycles. The van der Waals surface area contributed by atoms with Crippen LogP contribution in [0, 0.1) is 0 Å². The molecule has 0 unspecified atom stereocenters. The summed E-state index contributed by atoms with van der Waals surface area (Å²) in [6.45, 7) is 8.28. The van der Waals surface area contributed by atoms with E-state index in [9.17, 15) is 0 Å². The second-order valence-electron chi connectivity index (χ2n) is 3.55. The summed E-state index contributed by atoms with van der Waals surface area (Å²) in [6.07, 6.45) is 1.91. The summed E-state index contributed by atoms with van der Waals surface area (Å²) in [4.78, 5) is 0. The largest absolute Gasteiger partial charge is 0.489 e. The number of hydrogen-bond donors (Lipinski definition) is 2. The van der Waals surface area contributed by atoms with Crippen LogP contribution in [0.4, 0.5) is 11.4 Å². The molecule has 1 aromatic carbocycles. The fourth-order valence-electron chi connectivity index (χ4n) is 1.24. The lowest BCUT2D eigenvalue weighted by molar-refractivity contribution is 0.244. The van der Waals surface area contributed by atoms with Crippen molar-refractivity contribution in [3.8, 4) is 5.75 Å². The van der Waals surface area contributed by atoms with Crippen LogP contribution < -0.4 is 15.8 Å². The van der Waals surface area contributed by atoms with E-state index in [0.29, 0.717) is 12.2 Å². The number of para-hydroxylation sites is 1. The molecule has 0 amide bonds. The first-order chi connectivity index (χ1) is 7.15. The molecule has 0 aliphatic rings. The van der Waals surface area contributed by atoms with Gasteiger partial charge in [0.2, 0.25) is 0 Å². The van der Waals surface area contributed by atoms with Gasteiger partial charge in [0, 0.05) is 6.54 Å². The average molecular weight is 206 g/mol. The average Bonchev–Trinajstić information content (AvgIpc) is 2.19. The topological polar surface area (TPSA) is 47.3 Å². The van der Waals surface area contributed by atoms with Gasteiger partial charge in [-0.1, -0.05) is 12.1 Å². The Morgan fingerprint density at radius 1 is 1.53 bits per heavy atom. The van der Waals surface area contributed by atoms with Crippen LogP contribution in [0.5, 0.6) is 5.75 Å². The fraction of sp³-hybridized carbons (Fsp3) is 0.333. The van der Waals surface area contributed by atoms with Gasteiger partial charge >= 0.3 is 0 Å². The highest BCUT2D eigenvalue weighted by molar-refractivity contribution is 5.73. The van der Waals surface area contributed by atoms with Crippen LogP contribution in [-0.2, 0) is 0 Å². The van der Waals surface area contributed by atoms with Gasteiger partial charge in [-0.2, -0.15) is 0 Å². The van der Waals surface area contributed by atoms with Crippen molar-refractivity contribution in [3.05, 3.63) is 30.9 Å². The second kappa shape index (κ2) is 5.29. The summed E-state index contributed by atoms with van der Waals surface area (Å²) in [5.41, 5.74) is 7.48. The minimum Gasteiger partial charge on any atom is -0.489 e. The molecule has 3 nitrogen and oxygen atoms in total. The third kappa shape index (κ3) is 3.20. The number of nitrogens with two attached hydrogens (primary N) is 1. The molecule has 0 saturated carbocycles. The Labute approximate surface area is 90.9 Å². The van der Waals surface area contributed by atoms with Gasteiger partial charge in [0.15, 0.2) is 0 Å². The highest BCUT2D eigenvalue weighted by atomic mass is 16.5. The van der Waals surface area contributed by atoms with Crippen LogP contribution in [0.25, 0.3) is 0 Å². The zero-order valence-corrected chi connectivity index (χ0v) is 9.29. The van der Waals surface area contributed by atoms with Crippen LogP contribution in [0.2, 0.25) is 0 Å². The monoisotopic (exact) mass is 206 g/mol. The predicted octanol–water partition coefficient (Wildman–Crippen LogP) is 2.65. The predicted molar refractivity (Wildman–Crippen MR) is 65.3 cm³/mol. The Hall–Kier alpha value is -1.64. The van der Waals surface area contributed by atoms with E-state index in [-0.39, 0.29) is 6.10 Å². The number of nitrogen functional groups attached to an aromatic ring is 1. The van der Waals surface area contributed by atoms with E-state index in [1.54, 1.807) is 6.08 Å². The smallest absolute Gasteiger partial charge is 0.144 e. The summed E-state index contributed by atoms with van der Waals surface area (Å²) in [6, 6.07) is 5.71. The maximum atomic E-state index is 5.95. The van der Waals surface area contributed by atoms with Crippen molar-refractivity contribution >= 4 is 11.4 Å². The van der Waals surface area contributed by atoms with Crippen LogP contribution >= 0.6 is 0 Å². The SMILES string of the molecule is C=CCNc1cccc(OC(C)C)c1N. The number of rotatable bonds is 5. The Morgan fingerprint density at radius 2 is 2.27 bits per heavy atom. The first kappa shape index (κ1) is 11.4. The highest BCUT2D eigenvalue weighted by Crippen LogP contribution is 2.29. The maximum Gasteiger partial charge on any atom is 0.144 e. The number of hydrogen-bond acceptors (Lipinski definition) is 3. The molecular formula is C12H18N2O. The van der Waals surface area contributed by atoms with E-state index < -0.39 is 0 Å². The van der Waals surface area contributed by atoms with E-state index in [0.717, 1.165) is 11.4 Å². The molecule has 0 aromatic heterocycles. The fourth-order valence-corrected chi connectivity index (χ4v) is 1.24. The molecule has 82 valence electrons. The van der Waals surface area contributed by atoms with Crippen molar-refractivity contribution in [1.29, 1.82) is 0 Å². The number of nitrogens with one attached hydrogen (secondary N) is 1. The number of benzene rings is 1. The van der Waals surface area contributed by atoms with Crippen LogP contribution in [0.15, 0.2) is 30.9 Å². The Kier molecular flexibility index (Phi) is 4.03. The second-order valence-corrected chi connectivity index (χ2v) is 3.55. The Bertz CT molecular complexity index is 334. The molecule has 0 fully saturated rings. The molecule has 1 aromatic rings. The molecule has 0 aliphatic carbocycles. The van der Waals surface area contributed by atoms with E-state index in [1.165, 1.54) is 0 Å². The van der Waals surface area contributed by atoms with E-state index in [1.807, 2.05) is 32.0 Å². The first-order valence-corrected chi connectivity index (χ1v) is 5.05. The minimum absolute atomic E-state index is 0.127. The Balaban J connectivity index is 2.84. The maximum absolute atomic E-state index is 5.95. The number of ether oxygens (including phenoxy) is 1. The van der Waals surface area contributed by atoms with Crippen molar-refractivity contribution in [2.75, 3.05) is 17.6 Å². The van der Waals surface area contributed by atoms with E-state index >= 15 is 0 Å². The minimum atomic E-state index is 0.127. The van der Waals surface area contributed by atoms with Crippen LogP contribution in [-0.4, -0.2) is 12.6 Å². The van der Waals surface area contributed by atoms with Crippen LogP contribution in [0.3, 0.4) is 0 Å². The quantitative estimate of drug-likeness (QED) is 0.575. The van der Waals surface area contributed by atoms with Crippen molar-refractivity contribution in [2.24, 2.45) is 0 Å². The molecule has 0 heterocycles. The lowest BCUT2D eigenvalue weighted by atomic mass is 10.2. The number of anilines is 2. The van der Waals surface area contributed by atoms with Gasteiger partial charge in [0.1, 0.15) is 5.75 Å². The molecule has 0 bridgehead atoms. The Morgan fingerprint density at radius 3 is 2.87 bits per heavy atom. The summed E-state index contributed by atoms with van der Waals surface area (Å²) in [5, 5.41) is 3.15. The third-order valence-corrected chi connectivity index (χ3v) is 1.87. The van der Waals surface area contributed by atoms with Crippen molar-refractivity contribution < 1.29 is 4.74 Å². The van der Waals surface area contributed by atoms with Crippen molar-refractivity contribution in [1.82, 2.24) is 0 Å². The molecule has 3 N–H and O–H groups in total. The summed E-state index contributed by atoms with van der Waals surface area (Å²) < 4.78 is 5.57. The van der Waals surface area contributed by atoms with Gasteiger partial charge in [-0.05, 0) is 26.0 Å². The molecule has 15 heavy (non-hydrogen) atoms. The summed E-state index contributed by atoms with van der Waals surface area (Å²) >= 11 is 0. The van der Waals surface area contributed by atoms with Gasteiger partial charge in [0.25, 0.3) is 0 Å². The molecule has 1 rings (SSSR count). The van der Waals surface area contributed by atoms with Crippen molar-refractivity contribution in [3.63, 3.8) is 0 Å². The van der Waals surface area contributed by atoms with E-state index in [4.69, 9.17) is 10.5 Å². The normalized spacial score (nSPS) is 10.1. The van der Waals surface area contributed by atoms with Gasteiger partial charge < -0.3 is 15.8 Å². The molecule has 0 spiro atoms. The first-order valence-electron chi connectivity index (χ1n) is 5.05. The van der Waals surface area contributed by atoms with Gasteiger partial charge in [-0.3, -0.25) is 0 Å². The standard InChI is InChI=1S/C12H18N2O/c1-4-8-14-10-6-5-7-11(12(10)13)15-9(2)3/h4-7,9,14H,1,8,13H2,2-3H3. The lowest BCUT2D eigenvalue weighted by Gasteiger charge is -2.15. The molecule has 0 atom stereocenters. The molecular weight excluding hydrogens is 188 g/mol. The van der Waals surface area contributed by atoms with Gasteiger partial charge in [0.05, 0.1) is 17.5 Å². The van der Waals surface area contributed by atoms with Gasteiger partial charge in [-0.25, -0.2) is 0 Å². The highest BCUT2D eigenvalue weighted by Gasteiger charge is 2.06. The van der Waals surface area contributed by atoms with Gasteiger partial charge in [-0.15, -0.1) is 6.58 Å². The van der Waals surface area contributed by atoms with Crippen molar-refractivity contribution in [2.45, 2.75) is 20.0 Å². The zero-order chi connectivity index (χ0) is 11.3. The molecule has 3 heteroatoms. The zero-order valence-electron chi connectivity index (χ0n) is 9.29. The van der Waals surface area contributed by atoms with Crippen LogP contribution in [0.1, 0.15) is 13.8 Å².